The third-order valence-corrected chi connectivity index (χ3v) is 3.57. The molecule has 0 aliphatic heterocycles. The summed E-state index contributed by atoms with van der Waals surface area (Å²) in [7, 11) is 2.91. The van der Waals surface area contributed by atoms with Gasteiger partial charge in [-0.1, -0.05) is 23.7 Å². The van der Waals surface area contributed by atoms with Gasteiger partial charge < -0.3 is 14.2 Å². The number of hydrogen-bond donors (Lipinski definition) is 0. The van der Waals surface area contributed by atoms with Crippen molar-refractivity contribution in [3.8, 4) is 11.5 Å². The molecule has 0 aromatic heterocycles. The second-order valence-electron chi connectivity index (χ2n) is 4.79. The molecule has 0 aliphatic carbocycles. The molecular weight excluding hydrogens is 323 g/mol. The Morgan fingerprint density at radius 1 is 1.13 bits per heavy atom. The van der Waals surface area contributed by atoms with Crippen molar-refractivity contribution in [2.75, 3.05) is 14.2 Å². The fourth-order valence-corrected chi connectivity index (χ4v) is 2.35. The molecule has 23 heavy (non-hydrogen) atoms. The highest BCUT2D eigenvalue weighted by Crippen LogP contribution is 2.36. The zero-order valence-corrected chi connectivity index (χ0v) is 13.7. The first-order valence-corrected chi connectivity index (χ1v) is 7.22. The Labute approximate surface area is 138 Å². The molecule has 0 heterocycles. The zero-order chi connectivity index (χ0) is 17.0. The van der Waals surface area contributed by atoms with E-state index in [4.69, 9.17) is 25.8 Å². The predicted octanol–water partition coefficient (Wildman–Crippen LogP) is 4.41. The van der Waals surface area contributed by atoms with Crippen LogP contribution < -0.4 is 9.47 Å². The van der Waals surface area contributed by atoms with Gasteiger partial charge in [-0.15, -0.1) is 0 Å². The van der Waals surface area contributed by atoms with Crippen molar-refractivity contribution in [2.24, 2.45) is 0 Å². The van der Waals surface area contributed by atoms with Crippen LogP contribution in [0.15, 0.2) is 36.4 Å². The molecule has 0 saturated heterocycles. The van der Waals surface area contributed by atoms with Crippen molar-refractivity contribution in [1.82, 2.24) is 0 Å². The Hall–Kier alpha value is -2.27. The number of benzene rings is 2. The van der Waals surface area contributed by atoms with Crippen molar-refractivity contribution >= 4 is 17.6 Å². The topological polar surface area (TPSA) is 44.8 Å². The van der Waals surface area contributed by atoms with Crippen molar-refractivity contribution in [3.05, 3.63) is 58.4 Å². The van der Waals surface area contributed by atoms with Crippen LogP contribution in [0.2, 0.25) is 5.02 Å². The summed E-state index contributed by atoms with van der Waals surface area (Å²) >= 11 is 6.07. The van der Waals surface area contributed by atoms with Gasteiger partial charge in [0.25, 0.3) is 0 Å². The van der Waals surface area contributed by atoms with Gasteiger partial charge in [-0.3, -0.25) is 0 Å². The number of methoxy groups -OCH3 is 2. The normalized spacial score (nSPS) is 11.7. The van der Waals surface area contributed by atoms with Crippen LogP contribution >= 0.6 is 11.6 Å². The van der Waals surface area contributed by atoms with E-state index >= 15 is 0 Å². The standard InChI is InChI=1S/C17H16ClFO4/c1-10(11-4-6-13(19)7-5-11)23-17(20)12-8-14(18)16(22-3)15(9-12)21-2/h4-10H,1-3H3/t10-/m0/s1. The molecule has 0 aliphatic rings. The highest BCUT2D eigenvalue weighted by Gasteiger charge is 2.18. The van der Waals surface area contributed by atoms with Crippen molar-refractivity contribution in [1.29, 1.82) is 0 Å². The van der Waals surface area contributed by atoms with E-state index < -0.39 is 12.1 Å². The smallest absolute Gasteiger partial charge is 0.338 e. The van der Waals surface area contributed by atoms with E-state index in [-0.39, 0.29) is 16.4 Å². The van der Waals surface area contributed by atoms with Crippen LogP contribution in [0.3, 0.4) is 0 Å². The van der Waals surface area contributed by atoms with Crippen molar-refractivity contribution < 1.29 is 23.4 Å². The number of rotatable bonds is 5. The molecule has 1 atom stereocenters. The molecule has 0 amide bonds. The Kier molecular flexibility index (Phi) is 5.45. The summed E-state index contributed by atoms with van der Waals surface area (Å²) in [6.45, 7) is 1.70. The molecule has 0 N–H and O–H groups in total. The van der Waals surface area contributed by atoms with Crippen LogP contribution in [0.1, 0.15) is 28.9 Å². The van der Waals surface area contributed by atoms with Crippen LogP contribution in [0, 0.1) is 5.82 Å². The molecule has 0 unspecified atom stereocenters. The highest BCUT2D eigenvalue weighted by atomic mass is 35.5. The Balaban J connectivity index is 2.20. The SMILES string of the molecule is COc1cc(C(=O)O[C@@H](C)c2ccc(F)cc2)cc(Cl)c1OC. The molecular formula is C17H16ClFO4. The summed E-state index contributed by atoms with van der Waals surface area (Å²) < 4.78 is 28.6. The van der Waals surface area contributed by atoms with Crippen LogP contribution in [-0.2, 0) is 4.74 Å². The third kappa shape index (κ3) is 3.93. The highest BCUT2D eigenvalue weighted by molar-refractivity contribution is 6.32. The van der Waals surface area contributed by atoms with Crippen molar-refractivity contribution in [2.45, 2.75) is 13.0 Å². The Bertz CT molecular complexity index is 700. The van der Waals surface area contributed by atoms with Gasteiger partial charge in [-0.2, -0.15) is 0 Å². The average Bonchev–Trinajstić information content (AvgIpc) is 2.54. The van der Waals surface area contributed by atoms with E-state index in [1.54, 1.807) is 19.1 Å². The second-order valence-corrected chi connectivity index (χ2v) is 5.20. The van der Waals surface area contributed by atoms with Crippen LogP contribution in [0.25, 0.3) is 0 Å². The molecule has 122 valence electrons. The van der Waals surface area contributed by atoms with E-state index in [2.05, 4.69) is 0 Å². The third-order valence-electron chi connectivity index (χ3n) is 3.29. The first-order valence-electron chi connectivity index (χ1n) is 6.84. The molecule has 0 bridgehead atoms. The van der Waals surface area contributed by atoms with Gasteiger partial charge in [0.1, 0.15) is 11.9 Å². The largest absolute Gasteiger partial charge is 0.493 e. The van der Waals surface area contributed by atoms with E-state index in [9.17, 15) is 9.18 Å². The molecule has 0 fully saturated rings. The first-order chi connectivity index (χ1) is 11.0. The van der Waals surface area contributed by atoms with Gasteiger partial charge in [0.05, 0.1) is 24.8 Å². The van der Waals surface area contributed by atoms with E-state index in [0.29, 0.717) is 17.1 Å². The van der Waals surface area contributed by atoms with Gasteiger partial charge in [0.2, 0.25) is 0 Å². The van der Waals surface area contributed by atoms with Gasteiger partial charge in [0, 0.05) is 0 Å². The molecule has 0 radical (unpaired) electrons. The molecule has 4 nitrogen and oxygen atoms in total. The number of carbonyl (C=O) groups excluding carboxylic acids is 1. The number of hydrogen-bond acceptors (Lipinski definition) is 4. The Morgan fingerprint density at radius 3 is 2.35 bits per heavy atom. The van der Waals surface area contributed by atoms with Crippen LogP contribution in [0.5, 0.6) is 11.5 Å². The average molecular weight is 339 g/mol. The lowest BCUT2D eigenvalue weighted by molar-refractivity contribution is 0.0337. The minimum Gasteiger partial charge on any atom is -0.493 e. The lowest BCUT2D eigenvalue weighted by Crippen LogP contribution is -2.10. The quantitative estimate of drug-likeness (QED) is 0.757. The second kappa shape index (κ2) is 7.33. The lowest BCUT2D eigenvalue weighted by atomic mass is 10.1. The minimum atomic E-state index is -0.565. The van der Waals surface area contributed by atoms with E-state index in [0.717, 1.165) is 0 Å². The minimum absolute atomic E-state index is 0.238. The molecule has 0 saturated carbocycles. The lowest BCUT2D eigenvalue weighted by Gasteiger charge is -2.15. The number of halogens is 2. The van der Waals surface area contributed by atoms with Crippen LogP contribution in [0.4, 0.5) is 4.39 Å². The van der Waals surface area contributed by atoms with E-state index in [1.165, 1.54) is 38.5 Å². The van der Waals surface area contributed by atoms with Crippen molar-refractivity contribution in [3.63, 3.8) is 0 Å². The van der Waals surface area contributed by atoms with Gasteiger partial charge >= 0.3 is 5.97 Å². The molecule has 2 aromatic carbocycles. The number of carbonyl (C=O) groups is 1. The summed E-state index contributed by atoms with van der Waals surface area (Å²) in [6.07, 6.45) is -0.532. The number of esters is 1. The van der Waals surface area contributed by atoms with Gasteiger partial charge in [-0.05, 0) is 36.8 Å². The molecule has 2 rings (SSSR count). The van der Waals surface area contributed by atoms with Gasteiger partial charge in [0.15, 0.2) is 11.5 Å². The summed E-state index contributed by atoms with van der Waals surface area (Å²) in [5, 5.41) is 0.244. The fraction of sp³-hybridized carbons (Fsp3) is 0.235. The predicted molar refractivity (Wildman–Crippen MR) is 84.8 cm³/mol. The van der Waals surface area contributed by atoms with E-state index in [1.807, 2.05) is 0 Å². The molecule has 2 aromatic rings. The fourth-order valence-electron chi connectivity index (χ4n) is 2.07. The number of ether oxygens (including phenoxy) is 3. The monoisotopic (exact) mass is 338 g/mol. The summed E-state index contributed by atoms with van der Waals surface area (Å²) in [5.74, 6) is -0.234. The summed E-state index contributed by atoms with van der Waals surface area (Å²) in [6, 6.07) is 8.69. The first kappa shape index (κ1) is 17.1. The maximum absolute atomic E-state index is 12.9. The Morgan fingerprint density at radius 2 is 1.78 bits per heavy atom. The molecule has 6 heteroatoms. The zero-order valence-electron chi connectivity index (χ0n) is 12.9. The van der Waals surface area contributed by atoms with Crippen LogP contribution in [-0.4, -0.2) is 20.2 Å². The van der Waals surface area contributed by atoms with Gasteiger partial charge in [-0.25, -0.2) is 9.18 Å². The molecule has 0 spiro atoms. The maximum atomic E-state index is 12.9. The summed E-state index contributed by atoms with van der Waals surface area (Å²) in [4.78, 5) is 12.3. The summed E-state index contributed by atoms with van der Waals surface area (Å²) in [5.41, 5.74) is 0.924. The maximum Gasteiger partial charge on any atom is 0.338 e.